The summed E-state index contributed by atoms with van der Waals surface area (Å²) in [5, 5.41) is 2.69. The van der Waals surface area contributed by atoms with Crippen molar-refractivity contribution in [1.82, 2.24) is 10.2 Å². The van der Waals surface area contributed by atoms with Gasteiger partial charge in [0.05, 0.1) is 6.54 Å². The highest BCUT2D eigenvalue weighted by atomic mass is 16.5. The highest BCUT2D eigenvalue weighted by Gasteiger charge is 2.12. The second-order valence-corrected chi connectivity index (χ2v) is 6.20. The molecule has 0 fully saturated rings. The van der Waals surface area contributed by atoms with Crippen LogP contribution < -0.4 is 10.1 Å². The molecule has 1 N–H and O–H groups in total. The SMILES string of the molecule is CNC(=O)N(CCOc1ccc(-c2ccccc2)cc1)Cc1ccccc1. The predicted octanol–water partition coefficient (Wildman–Crippen LogP) is 4.57. The molecule has 3 aromatic rings. The zero-order chi connectivity index (χ0) is 18.9. The van der Waals surface area contributed by atoms with Gasteiger partial charge in [0, 0.05) is 13.6 Å². The Morgan fingerprint density at radius 2 is 1.44 bits per heavy atom. The Balaban J connectivity index is 1.55. The van der Waals surface area contributed by atoms with Crippen molar-refractivity contribution in [2.24, 2.45) is 0 Å². The van der Waals surface area contributed by atoms with Gasteiger partial charge in [-0.05, 0) is 28.8 Å². The van der Waals surface area contributed by atoms with Crippen LogP contribution in [0.4, 0.5) is 4.79 Å². The number of carbonyl (C=O) groups is 1. The van der Waals surface area contributed by atoms with Gasteiger partial charge in [-0.25, -0.2) is 4.79 Å². The molecule has 3 aromatic carbocycles. The molecule has 0 aliphatic rings. The van der Waals surface area contributed by atoms with E-state index in [9.17, 15) is 4.79 Å². The third kappa shape index (κ3) is 5.35. The van der Waals surface area contributed by atoms with E-state index in [1.165, 1.54) is 5.56 Å². The van der Waals surface area contributed by atoms with Crippen molar-refractivity contribution >= 4 is 6.03 Å². The highest BCUT2D eigenvalue weighted by molar-refractivity contribution is 5.73. The first kappa shape index (κ1) is 18.5. The van der Waals surface area contributed by atoms with Crippen molar-refractivity contribution in [3.8, 4) is 16.9 Å². The quantitative estimate of drug-likeness (QED) is 0.670. The summed E-state index contributed by atoms with van der Waals surface area (Å²) in [6.07, 6.45) is 0. The fraction of sp³-hybridized carbons (Fsp3) is 0.174. The molecule has 138 valence electrons. The molecule has 2 amide bonds. The van der Waals surface area contributed by atoms with E-state index in [0.29, 0.717) is 19.7 Å². The number of ether oxygens (including phenoxy) is 1. The van der Waals surface area contributed by atoms with Gasteiger partial charge in [-0.3, -0.25) is 0 Å². The van der Waals surface area contributed by atoms with Crippen LogP contribution in [-0.2, 0) is 6.54 Å². The number of hydrogen-bond acceptors (Lipinski definition) is 2. The number of benzene rings is 3. The molecule has 0 aliphatic carbocycles. The van der Waals surface area contributed by atoms with Crippen molar-refractivity contribution in [1.29, 1.82) is 0 Å². The average Bonchev–Trinajstić information content (AvgIpc) is 2.74. The normalized spacial score (nSPS) is 10.3. The lowest BCUT2D eigenvalue weighted by atomic mass is 10.1. The standard InChI is InChI=1S/C23H24N2O2/c1-24-23(26)25(18-19-8-4-2-5-9-19)16-17-27-22-14-12-21(13-15-22)20-10-6-3-7-11-20/h2-15H,16-18H2,1H3,(H,24,26). The molecule has 0 spiro atoms. The number of nitrogens with zero attached hydrogens (tertiary/aromatic N) is 1. The van der Waals surface area contributed by atoms with Crippen molar-refractivity contribution in [2.75, 3.05) is 20.2 Å². The molecule has 0 saturated heterocycles. The molecule has 0 aliphatic heterocycles. The third-order valence-electron chi connectivity index (χ3n) is 4.31. The van der Waals surface area contributed by atoms with Crippen LogP contribution in [0.15, 0.2) is 84.9 Å². The van der Waals surface area contributed by atoms with Crippen LogP contribution in [0.2, 0.25) is 0 Å². The first-order chi connectivity index (χ1) is 13.3. The summed E-state index contributed by atoms with van der Waals surface area (Å²) in [5.74, 6) is 0.797. The number of nitrogens with one attached hydrogen (secondary N) is 1. The summed E-state index contributed by atoms with van der Waals surface area (Å²) in [4.78, 5) is 13.9. The second kappa shape index (κ2) is 9.43. The van der Waals surface area contributed by atoms with Crippen LogP contribution in [0.25, 0.3) is 11.1 Å². The van der Waals surface area contributed by atoms with Crippen molar-refractivity contribution in [3.63, 3.8) is 0 Å². The van der Waals surface area contributed by atoms with Crippen molar-refractivity contribution in [2.45, 2.75) is 6.54 Å². The molecule has 27 heavy (non-hydrogen) atoms. The van der Waals surface area contributed by atoms with Gasteiger partial charge >= 0.3 is 6.03 Å². The smallest absolute Gasteiger partial charge is 0.317 e. The Morgan fingerprint density at radius 1 is 0.852 bits per heavy atom. The Bertz CT molecular complexity index is 833. The van der Waals surface area contributed by atoms with E-state index in [1.807, 2.05) is 72.8 Å². The van der Waals surface area contributed by atoms with Gasteiger partial charge in [-0.2, -0.15) is 0 Å². The largest absolute Gasteiger partial charge is 0.492 e. The minimum absolute atomic E-state index is 0.109. The fourth-order valence-electron chi connectivity index (χ4n) is 2.86. The second-order valence-electron chi connectivity index (χ2n) is 6.20. The Morgan fingerprint density at radius 3 is 2.07 bits per heavy atom. The molecular weight excluding hydrogens is 336 g/mol. The van der Waals surface area contributed by atoms with Gasteiger partial charge in [0.1, 0.15) is 12.4 Å². The van der Waals surface area contributed by atoms with Crippen molar-refractivity contribution < 1.29 is 9.53 Å². The predicted molar refractivity (Wildman–Crippen MR) is 109 cm³/mol. The maximum Gasteiger partial charge on any atom is 0.317 e. The number of hydrogen-bond donors (Lipinski definition) is 1. The molecule has 0 unspecified atom stereocenters. The van der Waals surface area contributed by atoms with E-state index in [2.05, 4.69) is 17.4 Å². The molecule has 0 saturated carbocycles. The monoisotopic (exact) mass is 360 g/mol. The lowest BCUT2D eigenvalue weighted by Crippen LogP contribution is -2.40. The van der Waals surface area contributed by atoms with Crippen LogP contribution >= 0.6 is 0 Å². The van der Waals surface area contributed by atoms with E-state index < -0.39 is 0 Å². The van der Waals surface area contributed by atoms with E-state index in [-0.39, 0.29) is 6.03 Å². The number of amides is 2. The number of carbonyl (C=O) groups excluding carboxylic acids is 1. The summed E-state index contributed by atoms with van der Waals surface area (Å²) in [6.45, 7) is 1.50. The van der Waals surface area contributed by atoms with Crippen LogP contribution in [0, 0.1) is 0 Å². The molecule has 0 heterocycles. The topological polar surface area (TPSA) is 41.6 Å². The maximum absolute atomic E-state index is 12.1. The van der Waals surface area contributed by atoms with Crippen LogP contribution in [0.5, 0.6) is 5.75 Å². The lowest BCUT2D eigenvalue weighted by Gasteiger charge is -2.22. The fourth-order valence-corrected chi connectivity index (χ4v) is 2.86. The van der Waals surface area contributed by atoms with E-state index in [4.69, 9.17) is 4.74 Å². The Kier molecular flexibility index (Phi) is 6.47. The van der Waals surface area contributed by atoms with E-state index in [1.54, 1.807) is 11.9 Å². The van der Waals surface area contributed by atoms with Gasteiger partial charge in [0.15, 0.2) is 0 Å². The van der Waals surface area contributed by atoms with Gasteiger partial charge in [-0.15, -0.1) is 0 Å². The van der Waals surface area contributed by atoms with Gasteiger partial charge < -0.3 is 15.0 Å². The van der Waals surface area contributed by atoms with Crippen LogP contribution in [0.3, 0.4) is 0 Å². The van der Waals surface area contributed by atoms with Crippen LogP contribution in [0.1, 0.15) is 5.56 Å². The molecular formula is C23H24N2O2. The highest BCUT2D eigenvalue weighted by Crippen LogP contribution is 2.22. The molecule has 0 atom stereocenters. The third-order valence-corrected chi connectivity index (χ3v) is 4.31. The van der Waals surface area contributed by atoms with Gasteiger partial charge in [0.2, 0.25) is 0 Å². The average molecular weight is 360 g/mol. The first-order valence-electron chi connectivity index (χ1n) is 9.05. The maximum atomic E-state index is 12.1. The summed E-state index contributed by atoms with van der Waals surface area (Å²) in [7, 11) is 1.64. The summed E-state index contributed by atoms with van der Waals surface area (Å²) in [6, 6.07) is 28.1. The number of urea groups is 1. The summed E-state index contributed by atoms with van der Waals surface area (Å²) < 4.78 is 5.84. The Hall–Kier alpha value is -3.27. The molecule has 0 radical (unpaired) electrons. The van der Waals surface area contributed by atoms with E-state index >= 15 is 0 Å². The van der Waals surface area contributed by atoms with Crippen molar-refractivity contribution in [3.05, 3.63) is 90.5 Å². The van der Waals surface area contributed by atoms with Gasteiger partial charge in [0.25, 0.3) is 0 Å². The molecule has 4 heteroatoms. The molecule has 0 aromatic heterocycles. The minimum atomic E-state index is -0.109. The van der Waals surface area contributed by atoms with E-state index in [0.717, 1.165) is 16.9 Å². The molecule has 4 nitrogen and oxygen atoms in total. The molecule has 3 rings (SSSR count). The zero-order valence-electron chi connectivity index (χ0n) is 15.5. The lowest BCUT2D eigenvalue weighted by molar-refractivity contribution is 0.181. The summed E-state index contributed by atoms with van der Waals surface area (Å²) in [5.41, 5.74) is 3.42. The first-order valence-corrected chi connectivity index (χ1v) is 9.05. The zero-order valence-corrected chi connectivity index (χ0v) is 15.5. The number of rotatable bonds is 7. The van der Waals surface area contributed by atoms with Crippen LogP contribution in [-0.4, -0.2) is 31.1 Å². The molecule has 0 bridgehead atoms. The summed E-state index contributed by atoms with van der Waals surface area (Å²) >= 11 is 0. The minimum Gasteiger partial charge on any atom is -0.492 e. The Labute approximate surface area is 160 Å². The van der Waals surface area contributed by atoms with Gasteiger partial charge in [-0.1, -0.05) is 72.8 Å².